The summed E-state index contributed by atoms with van der Waals surface area (Å²) < 4.78 is 22.2. The first-order valence-corrected chi connectivity index (χ1v) is 10.4. The second-order valence-corrected chi connectivity index (χ2v) is 8.28. The highest BCUT2D eigenvalue weighted by Gasteiger charge is 2.18. The fraction of sp³-hybridized carbons (Fsp3) is 0.348. The highest BCUT2D eigenvalue weighted by Crippen LogP contribution is 2.24. The molecule has 1 aromatic heterocycles. The minimum Gasteiger partial charge on any atom is -0.444 e. The molecule has 0 bridgehead atoms. The molecule has 0 aliphatic heterocycles. The van der Waals surface area contributed by atoms with Gasteiger partial charge in [0.1, 0.15) is 11.4 Å². The third-order valence-corrected chi connectivity index (χ3v) is 4.70. The van der Waals surface area contributed by atoms with Gasteiger partial charge in [0.2, 0.25) is 5.91 Å². The zero-order valence-corrected chi connectivity index (χ0v) is 18.6. The van der Waals surface area contributed by atoms with Crippen LogP contribution in [-0.4, -0.2) is 26.7 Å². The Morgan fingerprint density at radius 3 is 2.28 bits per heavy atom. The number of fused-ring (bicyclic) bond motifs is 1. The SMILES string of the molecule is CCn1c(=O)n(CCC(=O)Nc2cc(F)ccc2NC(=O)OC(C)(C)C)c2ccccc21. The number of imidazole rings is 1. The number of carbonyl (C=O) groups is 2. The van der Waals surface area contributed by atoms with E-state index < -0.39 is 23.4 Å². The normalized spacial score (nSPS) is 11.4. The Hall–Kier alpha value is -3.62. The van der Waals surface area contributed by atoms with Gasteiger partial charge in [0, 0.05) is 19.5 Å². The van der Waals surface area contributed by atoms with Crippen LogP contribution in [0.5, 0.6) is 0 Å². The van der Waals surface area contributed by atoms with Crippen molar-refractivity contribution >= 4 is 34.4 Å². The first kappa shape index (κ1) is 23.1. The lowest BCUT2D eigenvalue weighted by atomic mass is 10.2. The second kappa shape index (κ2) is 9.25. The summed E-state index contributed by atoms with van der Waals surface area (Å²) in [6.45, 7) is 7.71. The van der Waals surface area contributed by atoms with Gasteiger partial charge in [-0.2, -0.15) is 0 Å². The molecule has 3 aromatic rings. The Bertz CT molecular complexity index is 1210. The van der Waals surface area contributed by atoms with Crippen LogP contribution < -0.4 is 16.3 Å². The lowest BCUT2D eigenvalue weighted by molar-refractivity contribution is -0.116. The second-order valence-electron chi connectivity index (χ2n) is 8.28. The Morgan fingerprint density at radius 1 is 1.00 bits per heavy atom. The van der Waals surface area contributed by atoms with Crippen molar-refractivity contribution in [2.75, 3.05) is 10.6 Å². The molecule has 0 saturated heterocycles. The van der Waals surface area contributed by atoms with Gasteiger partial charge >= 0.3 is 11.8 Å². The maximum atomic E-state index is 13.8. The van der Waals surface area contributed by atoms with Crippen LogP contribution in [0.2, 0.25) is 0 Å². The molecule has 2 N–H and O–H groups in total. The van der Waals surface area contributed by atoms with Crippen molar-refractivity contribution in [1.29, 1.82) is 0 Å². The maximum Gasteiger partial charge on any atom is 0.412 e. The fourth-order valence-corrected chi connectivity index (χ4v) is 3.36. The van der Waals surface area contributed by atoms with Crippen LogP contribution in [0.1, 0.15) is 34.1 Å². The molecule has 3 rings (SSSR count). The molecule has 0 radical (unpaired) electrons. The number of halogens is 1. The van der Waals surface area contributed by atoms with Crippen LogP contribution in [0.4, 0.5) is 20.6 Å². The first-order chi connectivity index (χ1) is 15.1. The minimum atomic E-state index is -0.724. The summed E-state index contributed by atoms with van der Waals surface area (Å²) >= 11 is 0. The van der Waals surface area contributed by atoms with Crippen LogP contribution in [0.25, 0.3) is 11.0 Å². The summed E-state index contributed by atoms with van der Waals surface area (Å²) in [5, 5.41) is 5.12. The highest BCUT2D eigenvalue weighted by atomic mass is 19.1. The zero-order valence-electron chi connectivity index (χ0n) is 18.6. The van der Waals surface area contributed by atoms with Crippen LogP contribution in [0, 0.1) is 5.82 Å². The summed E-state index contributed by atoms with van der Waals surface area (Å²) in [5.41, 5.74) is 0.940. The maximum absolute atomic E-state index is 13.8. The minimum absolute atomic E-state index is 0.0139. The van der Waals surface area contributed by atoms with Crippen molar-refractivity contribution in [3.8, 4) is 0 Å². The number of para-hydroxylation sites is 2. The van der Waals surface area contributed by atoms with Crippen molar-refractivity contribution < 1.29 is 18.7 Å². The number of amides is 2. The van der Waals surface area contributed by atoms with E-state index in [1.54, 1.807) is 29.9 Å². The van der Waals surface area contributed by atoms with Gasteiger partial charge < -0.3 is 10.1 Å². The van der Waals surface area contributed by atoms with E-state index in [2.05, 4.69) is 10.6 Å². The summed E-state index contributed by atoms with van der Waals surface area (Å²) in [4.78, 5) is 37.4. The number of carbonyl (C=O) groups excluding carboxylic acids is 2. The van der Waals surface area contributed by atoms with Gasteiger partial charge in [-0.3, -0.25) is 19.2 Å². The number of benzene rings is 2. The predicted molar refractivity (Wildman–Crippen MR) is 121 cm³/mol. The van der Waals surface area contributed by atoms with E-state index in [0.29, 0.717) is 6.54 Å². The summed E-state index contributed by atoms with van der Waals surface area (Å²) in [6.07, 6.45) is -0.737. The van der Waals surface area contributed by atoms with Gasteiger partial charge in [-0.15, -0.1) is 0 Å². The van der Waals surface area contributed by atoms with Gasteiger partial charge in [0.15, 0.2) is 0 Å². The van der Waals surface area contributed by atoms with Gasteiger partial charge in [-0.25, -0.2) is 14.0 Å². The highest BCUT2D eigenvalue weighted by molar-refractivity contribution is 5.97. The summed E-state index contributed by atoms with van der Waals surface area (Å²) in [6, 6.07) is 11.0. The zero-order chi connectivity index (χ0) is 23.5. The number of nitrogens with zero attached hydrogens (tertiary/aromatic N) is 2. The standard InChI is InChI=1S/C23H27FN4O4/c1-5-27-18-8-6-7-9-19(18)28(22(27)31)13-12-20(29)25-17-14-15(24)10-11-16(17)26-21(30)32-23(2,3)4/h6-11,14H,5,12-13H2,1-4H3,(H,25,29)(H,26,30). The van der Waals surface area contributed by atoms with E-state index in [9.17, 15) is 18.8 Å². The van der Waals surface area contributed by atoms with E-state index >= 15 is 0 Å². The molecular formula is C23H27FN4O4. The molecule has 1 heterocycles. The predicted octanol–water partition coefficient (Wildman–Crippen LogP) is 4.34. The molecule has 170 valence electrons. The number of anilines is 2. The van der Waals surface area contributed by atoms with E-state index in [-0.39, 0.29) is 30.0 Å². The third kappa shape index (κ3) is 5.35. The Balaban J connectivity index is 1.74. The first-order valence-electron chi connectivity index (χ1n) is 10.4. The van der Waals surface area contributed by atoms with Crippen molar-refractivity contribution in [3.05, 3.63) is 58.8 Å². The topological polar surface area (TPSA) is 94.4 Å². The van der Waals surface area contributed by atoms with Crippen molar-refractivity contribution in [3.63, 3.8) is 0 Å². The molecule has 0 saturated carbocycles. The van der Waals surface area contributed by atoms with E-state index in [1.807, 2.05) is 31.2 Å². The molecule has 0 aliphatic rings. The molecule has 2 amide bonds. The van der Waals surface area contributed by atoms with E-state index in [1.165, 1.54) is 12.1 Å². The summed E-state index contributed by atoms with van der Waals surface area (Å²) in [5.74, 6) is -1.000. The number of aromatic nitrogens is 2. The van der Waals surface area contributed by atoms with Gasteiger partial charge in [0.25, 0.3) is 0 Å². The lowest BCUT2D eigenvalue weighted by Crippen LogP contribution is -2.28. The molecule has 32 heavy (non-hydrogen) atoms. The number of hydrogen-bond acceptors (Lipinski definition) is 4. The van der Waals surface area contributed by atoms with Crippen LogP contribution in [-0.2, 0) is 22.6 Å². The molecule has 9 heteroatoms. The largest absolute Gasteiger partial charge is 0.444 e. The van der Waals surface area contributed by atoms with Crippen LogP contribution in [0.15, 0.2) is 47.3 Å². The van der Waals surface area contributed by atoms with Crippen LogP contribution in [0.3, 0.4) is 0 Å². The van der Waals surface area contributed by atoms with Gasteiger partial charge in [0.05, 0.1) is 22.4 Å². The molecule has 8 nitrogen and oxygen atoms in total. The molecule has 0 unspecified atom stereocenters. The summed E-state index contributed by atoms with van der Waals surface area (Å²) in [7, 11) is 0. The number of hydrogen-bond donors (Lipinski definition) is 2. The molecule has 0 aliphatic carbocycles. The molecule has 0 atom stereocenters. The third-order valence-electron chi connectivity index (χ3n) is 4.70. The number of rotatable bonds is 6. The average Bonchev–Trinajstić information content (AvgIpc) is 2.97. The number of nitrogens with one attached hydrogen (secondary N) is 2. The fourth-order valence-electron chi connectivity index (χ4n) is 3.36. The smallest absolute Gasteiger partial charge is 0.412 e. The van der Waals surface area contributed by atoms with Gasteiger partial charge in [-0.05, 0) is 58.0 Å². The lowest BCUT2D eigenvalue weighted by Gasteiger charge is -2.20. The van der Waals surface area contributed by atoms with Crippen molar-refractivity contribution in [2.24, 2.45) is 0 Å². The number of ether oxygens (including phenoxy) is 1. The molecule has 0 spiro atoms. The van der Waals surface area contributed by atoms with Crippen molar-refractivity contribution in [2.45, 2.75) is 52.8 Å². The Kier molecular flexibility index (Phi) is 6.67. The quantitative estimate of drug-likeness (QED) is 0.594. The molecule has 0 fully saturated rings. The Labute approximate surface area is 185 Å². The van der Waals surface area contributed by atoms with E-state index in [0.717, 1.165) is 17.1 Å². The molecule has 2 aromatic carbocycles. The monoisotopic (exact) mass is 442 g/mol. The number of aryl methyl sites for hydroxylation is 2. The van der Waals surface area contributed by atoms with Gasteiger partial charge in [-0.1, -0.05) is 12.1 Å². The van der Waals surface area contributed by atoms with E-state index in [4.69, 9.17) is 4.74 Å². The Morgan fingerprint density at radius 2 is 1.66 bits per heavy atom. The van der Waals surface area contributed by atoms with Crippen LogP contribution >= 0.6 is 0 Å². The van der Waals surface area contributed by atoms with Crippen molar-refractivity contribution in [1.82, 2.24) is 9.13 Å². The molecular weight excluding hydrogens is 415 g/mol. The average molecular weight is 442 g/mol.